The third-order valence-corrected chi connectivity index (χ3v) is 6.70. The molecule has 1 unspecified atom stereocenters. The summed E-state index contributed by atoms with van der Waals surface area (Å²) >= 11 is 6.22. The Kier molecular flexibility index (Phi) is 8.81. The van der Waals surface area contributed by atoms with E-state index in [1.807, 2.05) is 30.3 Å². The van der Waals surface area contributed by atoms with Crippen molar-refractivity contribution in [2.24, 2.45) is 0 Å². The second-order valence-electron chi connectivity index (χ2n) is 9.10. The molecule has 2 N–H and O–H groups in total. The number of halogens is 1. The summed E-state index contributed by atoms with van der Waals surface area (Å²) in [5.41, 5.74) is 2.54. The van der Waals surface area contributed by atoms with Crippen LogP contribution in [-0.4, -0.2) is 36.3 Å². The fourth-order valence-electron chi connectivity index (χ4n) is 4.42. The van der Waals surface area contributed by atoms with E-state index in [0.29, 0.717) is 38.7 Å². The summed E-state index contributed by atoms with van der Waals surface area (Å²) in [5.74, 6) is -0.571. The van der Waals surface area contributed by atoms with Gasteiger partial charge in [0.2, 0.25) is 5.91 Å². The summed E-state index contributed by atoms with van der Waals surface area (Å²) in [4.78, 5) is 51.4. The minimum Gasteiger partial charge on any atom is -0.495 e. The molecule has 0 saturated carbocycles. The van der Waals surface area contributed by atoms with Crippen LogP contribution in [0.25, 0.3) is 11.1 Å². The largest absolute Gasteiger partial charge is 0.495 e. The number of nitrogens with one attached hydrogen (secondary N) is 2. The zero-order chi connectivity index (χ0) is 28.8. The standard InChI is InChI=1S/C31H28ClN3O5/c1-19(36)24-14-11-22(32)16-25(24)26-17-29(37)35(18-28(26)40-3)27(15-20-7-5-4-6-8-20)31(39)34-23-12-9-21(10-13-23)30(38)33-2/h4-14,16-18,27H,15H2,1-3H3,(H,33,38)(H,34,39). The van der Waals surface area contributed by atoms with Crippen molar-refractivity contribution in [1.82, 2.24) is 9.88 Å². The topological polar surface area (TPSA) is 106 Å². The molecule has 9 heteroatoms. The number of hydrogen-bond donors (Lipinski definition) is 2. The molecule has 0 fully saturated rings. The lowest BCUT2D eigenvalue weighted by Crippen LogP contribution is -2.34. The first-order valence-electron chi connectivity index (χ1n) is 12.5. The number of anilines is 1. The van der Waals surface area contributed by atoms with E-state index in [4.69, 9.17) is 16.3 Å². The zero-order valence-corrected chi connectivity index (χ0v) is 23.0. The first-order valence-corrected chi connectivity index (χ1v) is 12.9. The lowest BCUT2D eigenvalue weighted by molar-refractivity contribution is -0.119. The van der Waals surface area contributed by atoms with Crippen molar-refractivity contribution < 1.29 is 19.1 Å². The van der Waals surface area contributed by atoms with Gasteiger partial charge in [-0.2, -0.15) is 0 Å². The Labute approximate surface area is 236 Å². The molecule has 4 rings (SSSR count). The molecule has 4 aromatic rings. The molecule has 204 valence electrons. The van der Waals surface area contributed by atoms with Gasteiger partial charge in [0.25, 0.3) is 11.5 Å². The van der Waals surface area contributed by atoms with Crippen LogP contribution in [0.5, 0.6) is 5.75 Å². The molecule has 0 saturated heterocycles. The molecule has 8 nitrogen and oxygen atoms in total. The number of pyridine rings is 1. The van der Waals surface area contributed by atoms with Crippen molar-refractivity contribution in [2.75, 3.05) is 19.5 Å². The highest BCUT2D eigenvalue weighted by Crippen LogP contribution is 2.34. The molecule has 0 bridgehead atoms. The van der Waals surface area contributed by atoms with E-state index >= 15 is 0 Å². The molecule has 0 spiro atoms. The van der Waals surface area contributed by atoms with Gasteiger partial charge >= 0.3 is 0 Å². The third kappa shape index (κ3) is 6.30. The van der Waals surface area contributed by atoms with Crippen LogP contribution in [0.3, 0.4) is 0 Å². The number of aromatic nitrogens is 1. The molecular weight excluding hydrogens is 530 g/mol. The summed E-state index contributed by atoms with van der Waals surface area (Å²) < 4.78 is 6.95. The maximum Gasteiger partial charge on any atom is 0.252 e. The molecule has 3 aromatic carbocycles. The van der Waals surface area contributed by atoms with Crippen LogP contribution in [-0.2, 0) is 11.2 Å². The monoisotopic (exact) mass is 557 g/mol. The smallest absolute Gasteiger partial charge is 0.252 e. The number of hydrogen-bond acceptors (Lipinski definition) is 5. The molecule has 40 heavy (non-hydrogen) atoms. The van der Waals surface area contributed by atoms with Gasteiger partial charge in [-0.3, -0.25) is 23.7 Å². The van der Waals surface area contributed by atoms with Crippen LogP contribution >= 0.6 is 11.6 Å². The summed E-state index contributed by atoms with van der Waals surface area (Å²) in [5, 5.41) is 5.80. The predicted molar refractivity (Wildman–Crippen MR) is 155 cm³/mol. The molecule has 1 aromatic heterocycles. The maximum atomic E-state index is 13.6. The van der Waals surface area contributed by atoms with Crippen molar-refractivity contribution in [3.8, 4) is 16.9 Å². The van der Waals surface area contributed by atoms with Crippen molar-refractivity contribution in [2.45, 2.75) is 19.4 Å². The first-order chi connectivity index (χ1) is 19.2. The minimum absolute atomic E-state index is 0.193. The lowest BCUT2D eigenvalue weighted by Gasteiger charge is -2.22. The van der Waals surface area contributed by atoms with Gasteiger partial charge in [0.15, 0.2) is 5.78 Å². The van der Waals surface area contributed by atoms with Crippen LogP contribution in [0.4, 0.5) is 5.69 Å². The van der Waals surface area contributed by atoms with E-state index in [0.717, 1.165) is 5.56 Å². The Morgan fingerprint density at radius 3 is 2.27 bits per heavy atom. The quantitative estimate of drug-likeness (QED) is 0.276. The highest BCUT2D eigenvalue weighted by molar-refractivity contribution is 6.31. The van der Waals surface area contributed by atoms with Crippen LogP contribution < -0.4 is 20.9 Å². The summed E-state index contributed by atoms with van der Waals surface area (Å²) in [6, 6.07) is 21.0. The highest BCUT2D eigenvalue weighted by Gasteiger charge is 2.25. The number of amides is 2. The lowest BCUT2D eigenvalue weighted by atomic mass is 9.97. The van der Waals surface area contributed by atoms with Crippen LogP contribution in [0.1, 0.15) is 39.2 Å². The van der Waals surface area contributed by atoms with Crippen LogP contribution in [0.15, 0.2) is 89.9 Å². The number of nitrogens with zero attached hydrogens (tertiary/aromatic N) is 1. The molecule has 0 aliphatic carbocycles. The average Bonchev–Trinajstić information content (AvgIpc) is 2.96. The van der Waals surface area contributed by atoms with Crippen molar-refractivity contribution in [3.63, 3.8) is 0 Å². The summed E-state index contributed by atoms with van der Waals surface area (Å²) in [6.45, 7) is 1.43. The van der Waals surface area contributed by atoms with Crippen molar-refractivity contribution in [1.29, 1.82) is 0 Å². The zero-order valence-electron chi connectivity index (χ0n) is 22.2. The number of ketones is 1. The van der Waals surface area contributed by atoms with E-state index in [-0.39, 0.29) is 18.1 Å². The Morgan fingerprint density at radius 2 is 1.65 bits per heavy atom. The van der Waals surface area contributed by atoms with Crippen LogP contribution in [0.2, 0.25) is 5.02 Å². The SMILES string of the molecule is CNC(=O)c1ccc(NC(=O)C(Cc2ccccc2)n2cc(OC)c(-c3cc(Cl)ccc3C(C)=O)cc2=O)cc1. The number of Topliss-reactive ketones (excluding diaryl/α,β-unsaturated/α-hetero) is 1. The van der Waals surface area contributed by atoms with E-state index in [9.17, 15) is 19.2 Å². The molecule has 0 aliphatic heterocycles. The van der Waals surface area contributed by atoms with Gasteiger partial charge in [0.1, 0.15) is 11.8 Å². The van der Waals surface area contributed by atoms with E-state index in [1.54, 1.807) is 42.5 Å². The van der Waals surface area contributed by atoms with Gasteiger partial charge < -0.3 is 15.4 Å². The fourth-order valence-corrected chi connectivity index (χ4v) is 4.59. The molecule has 2 amide bonds. The number of carbonyl (C=O) groups excluding carboxylic acids is 3. The average molecular weight is 558 g/mol. The second kappa shape index (κ2) is 12.4. The van der Waals surface area contributed by atoms with Gasteiger partial charge in [-0.25, -0.2) is 0 Å². The van der Waals surface area contributed by atoms with E-state index in [1.165, 1.54) is 37.9 Å². The molecule has 0 radical (unpaired) electrons. The summed E-state index contributed by atoms with van der Waals surface area (Å²) in [6.07, 6.45) is 1.70. The van der Waals surface area contributed by atoms with Gasteiger partial charge in [-0.1, -0.05) is 41.9 Å². The Morgan fingerprint density at radius 1 is 0.950 bits per heavy atom. The minimum atomic E-state index is -0.942. The third-order valence-electron chi connectivity index (χ3n) is 6.47. The number of benzene rings is 3. The Bertz CT molecular complexity index is 1610. The molecule has 1 heterocycles. The van der Waals surface area contributed by atoms with Gasteiger partial charge in [0, 0.05) is 46.9 Å². The normalized spacial score (nSPS) is 11.4. The predicted octanol–water partition coefficient (Wildman–Crippen LogP) is 5.16. The molecule has 0 aliphatic rings. The fraction of sp³-hybridized carbons (Fsp3) is 0.161. The van der Waals surface area contributed by atoms with E-state index < -0.39 is 17.5 Å². The number of rotatable bonds is 9. The van der Waals surface area contributed by atoms with Crippen molar-refractivity contribution in [3.05, 3.63) is 117 Å². The van der Waals surface area contributed by atoms with Crippen LogP contribution in [0, 0.1) is 0 Å². The number of methoxy groups -OCH3 is 1. The maximum absolute atomic E-state index is 13.6. The Hall–Kier alpha value is -4.69. The van der Waals surface area contributed by atoms with Gasteiger partial charge in [0.05, 0.1) is 13.3 Å². The molecule has 1 atom stereocenters. The van der Waals surface area contributed by atoms with Gasteiger partial charge in [-0.05, 0) is 60.5 Å². The number of ether oxygens (including phenoxy) is 1. The summed E-state index contributed by atoms with van der Waals surface area (Å²) in [7, 11) is 2.99. The highest BCUT2D eigenvalue weighted by atomic mass is 35.5. The first kappa shape index (κ1) is 28.3. The van der Waals surface area contributed by atoms with Crippen molar-refractivity contribution >= 4 is 34.9 Å². The molecular formula is C31H28ClN3O5. The Balaban J connectivity index is 1.77. The number of carbonyl (C=O) groups is 3. The van der Waals surface area contributed by atoms with E-state index in [2.05, 4.69) is 10.6 Å². The van der Waals surface area contributed by atoms with Gasteiger partial charge in [-0.15, -0.1) is 0 Å². The second-order valence-corrected chi connectivity index (χ2v) is 9.53.